The van der Waals surface area contributed by atoms with Crippen molar-refractivity contribution in [1.29, 1.82) is 0 Å². The van der Waals surface area contributed by atoms with Crippen LogP contribution in [-0.4, -0.2) is 9.97 Å². The Morgan fingerprint density at radius 1 is 0.622 bits per heavy atom. The van der Waals surface area contributed by atoms with E-state index in [2.05, 4.69) is 96.7 Å². The van der Waals surface area contributed by atoms with Gasteiger partial charge < -0.3 is 24.8 Å². The molecule has 3 aliphatic rings. The Hall–Kier alpha value is -2.32. The van der Waals surface area contributed by atoms with Gasteiger partial charge in [0.1, 0.15) is 0 Å². The van der Waals surface area contributed by atoms with Gasteiger partial charge in [-0.2, -0.15) is 0 Å². The third kappa shape index (κ3) is 4.11. The van der Waals surface area contributed by atoms with Gasteiger partial charge in [-0.1, -0.05) is 0 Å². The van der Waals surface area contributed by atoms with Gasteiger partial charge in [-0.25, -0.2) is 0 Å². The summed E-state index contributed by atoms with van der Waals surface area (Å²) in [6.07, 6.45) is 13.8. The third-order valence-electron chi connectivity index (χ3n) is 8.49. The van der Waals surface area contributed by atoms with Gasteiger partial charge in [0.25, 0.3) is 0 Å². The molecule has 0 radical (unpaired) electrons. The van der Waals surface area contributed by atoms with E-state index < -0.39 is 20.3 Å². The number of pyridine rings is 2. The van der Waals surface area contributed by atoms with Crippen LogP contribution in [0.4, 0.5) is 0 Å². The van der Waals surface area contributed by atoms with E-state index in [1.807, 2.05) is 24.5 Å². The number of hydrogen-bond acceptors (Lipinski definition) is 2. The Kier molecular flexibility index (Phi) is 7.18. The van der Waals surface area contributed by atoms with Gasteiger partial charge in [0.05, 0.1) is 0 Å². The predicted molar refractivity (Wildman–Crippen MR) is 142 cm³/mol. The molecule has 2 aromatic carbocycles. The summed E-state index contributed by atoms with van der Waals surface area (Å²) >= 11 is -2.56. The summed E-state index contributed by atoms with van der Waals surface area (Å²) in [7, 11) is 0. The predicted octanol–water partition coefficient (Wildman–Crippen LogP) is 2.28. The van der Waals surface area contributed by atoms with Crippen molar-refractivity contribution in [2.24, 2.45) is 0 Å². The average molecular weight is 603 g/mol. The number of rotatable bonds is 4. The summed E-state index contributed by atoms with van der Waals surface area (Å²) < 4.78 is 4.22. The normalized spacial score (nSPS) is 18.6. The number of benzene rings is 2. The van der Waals surface area contributed by atoms with Crippen molar-refractivity contribution in [2.45, 2.75) is 29.4 Å². The molecule has 2 aromatic heterocycles. The van der Waals surface area contributed by atoms with Crippen LogP contribution in [0.2, 0.25) is 8.26 Å². The number of aromatic nitrogens is 2. The van der Waals surface area contributed by atoms with Crippen LogP contribution in [0, 0.1) is 13.8 Å². The minimum absolute atomic E-state index is 0. The Morgan fingerprint density at radius 2 is 1.08 bits per heavy atom. The quantitative estimate of drug-likeness (QED) is 0.359. The monoisotopic (exact) mass is 600 g/mol. The fourth-order valence-corrected chi connectivity index (χ4v) is 22.6. The maximum absolute atomic E-state index is 4.68. The first-order valence-electron chi connectivity index (χ1n) is 12.6. The molecule has 1 aliphatic heterocycles. The van der Waals surface area contributed by atoms with Crippen molar-refractivity contribution in [2.75, 3.05) is 0 Å². The van der Waals surface area contributed by atoms with Crippen molar-refractivity contribution >= 4 is 12.2 Å². The van der Waals surface area contributed by atoms with Gasteiger partial charge in [-0.3, -0.25) is 0 Å². The summed E-state index contributed by atoms with van der Waals surface area (Å²) in [5.41, 5.74) is 13.6. The molecule has 0 N–H and O–H groups in total. The molecule has 0 saturated carbocycles. The first-order chi connectivity index (χ1) is 17.2. The van der Waals surface area contributed by atoms with Crippen molar-refractivity contribution in [1.82, 2.24) is 9.97 Å². The van der Waals surface area contributed by atoms with Crippen LogP contribution in [-0.2, 0) is 20.3 Å². The molecule has 1 saturated heterocycles. The van der Waals surface area contributed by atoms with E-state index in [4.69, 9.17) is 0 Å². The summed E-state index contributed by atoms with van der Waals surface area (Å²) in [6, 6.07) is 21.7. The average Bonchev–Trinajstić information content (AvgIpc) is 3.34. The van der Waals surface area contributed by atoms with Crippen LogP contribution in [0.3, 0.4) is 0 Å². The third-order valence-corrected chi connectivity index (χ3v) is 21.0. The van der Waals surface area contributed by atoms with Crippen molar-refractivity contribution in [3.05, 3.63) is 119 Å². The van der Waals surface area contributed by atoms with E-state index >= 15 is 0 Å². The van der Waals surface area contributed by atoms with Crippen LogP contribution in [0.25, 0.3) is 34.7 Å². The molecular formula is C32H28Cl2N2Zr. The molecule has 37 heavy (non-hydrogen) atoms. The second-order valence-electron chi connectivity index (χ2n) is 10.4. The zero-order valence-corrected chi connectivity index (χ0v) is 24.9. The molecule has 0 amide bonds. The van der Waals surface area contributed by atoms with Crippen LogP contribution < -0.4 is 24.8 Å². The first kappa shape index (κ1) is 26.3. The summed E-state index contributed by atoms with van der Waals surface area (Å²) in [5.74, 6) is 0. The number of halogens is 2. The molecule has 0 spiro atoms. The molecule has 2 unspecified atom stereocenters. The van der Waals surface area contributed by atoms with Crippen molar-refractivity contribution < 1.29 is 45.1 Å². The van der Waals surface area contributed by atoms with Crippen LogP contribution in [0.15, 0.2) is 85.2 Å². The molecule has 4 aromatic rings. The van der Waals surface area contributed by atoms with E-state index in [-0.39, 0.29) is 24.8 Å². The Morgan fingerprint density at radius 3 is 1.46 bits per heavy atom. The van der Waals surface area contributed by atoms with Gasteiger partial charge in [0.2, 0.25) is 0 Å². The second-order valence-corrected chi connectivity index (χ2v) is 21.9. The molecule has 7 rings (SSSR count). The fraction of sp³-hybridized carbons (Fsp3) is 0.188. The van der Waals surface area contributed by atoms with Crippen LogP contribution in [0.5, 0.6) is 0 Å². The topological polar surface area (TPSA) is 25.8 Å². The van der Waals surface area contributed by atoms with Gasteiger partial charge in [-0.15, -0.1) is 0 Å². The fourth-order valence-electron chi connectivity index (χ4n) is 6.66. The largest absolute Gasteiger partial charge is 1.00 e. The molecule has 2 atom stereocenters. The molecule has 3 heterocycles. The molecule has 184 valence electrons. The van der Waals surface area contributed by atoms with Gasteiger partial charge in [-0.05, 0) is 0 Å². The zero-order chi connectivity index (χ0) is 23.6. The Balaban J connectivity index is 0.00000140. The molecule has 1 fully saturated rings. The van der Waals surface area contributed by atoms with E-state index in [0.29, 0.717) is 7.25 Å². The van der Waals surface area contributed by atoms with Crippen molar-refractivity contribution in [3.63, 3.8) is 0 Å². The van der Waals surface area contributed by atoms with Crippen LogP contribution >= 0.6 is 0 Å². The number of fused-ring (bicyclic) bond motifs is 2. The Bertz CT molecular complexity index is 1410. The number of aryl methyl sites for hydroxylation is 2. The minimum atomic E-state index is -2.56. The smallest absolute Gasteiger partial charge is 1.00 e. The van der Waals surface area contributed by atoms with Crippen molar-refractivity contribution in [3.8, 4) is 22.5 Å². The Labute approximate surface area is 236 Å². The number of hydrogen-bond donors (Lipinski definition) is 0. The number of allylic oxidation sites excluding steroid dienone is 2. The van der Waals surface area contributed by atoms with E-state index in [1.54, 1.807) is 11.1 Å². The molecule has 5 heteroatoms. The van der Waals surface area contributed by atoms with E-state index in [0.717, 1.165) is 11.4 Å². The molecule has 0 bridgehead atoms. The standard InChI is InChI=1S/2C15H12N.C2H4.2ClH.Zr/c2*1-11-8-9-14(13-6-4-5-12(11)13)15-7-2-3-10-16-15;1-2;;;/h2*2-10H,1H3;1-2H2;2*1H;/q;;;;;+2/p-2. The minimum Gasteiger partial charge on any atom is -1.00 e. The second kappa shape index (κ2) is 10.1. The molecule has 2 nitrogen and oxygen atoms in total. The SMILES string of the molecule is Cc1ccc(-c2ccccn2)c2c1[CH]([Zr+2]1([CH]3C=Cc4c(-c5ccccn5)ccc(C)c43)[CH2][CH2]1)C=C2.[Cl-].[Cl-]. The van der Waals surface area contributed by atoms with Gasteiger partial charge in [0, 0.05) is 0 Å². The maximum Gasteiger partial charge on any atom is -1.00 e. The van der Waals surface area contributed by atoms with Gasteiger partial charge >= 0.3 is 213 Å². The first-order valence-corrected chi connectivity index (χ1v) is 18.9. The number of nitrogens with zero attached hydrogens (tertiary/aromatic N) is 2. The maximum atomic E-state index is 4.68. The zero-order valence-electron chi connectivity index (χ0n) is 21.0. The van der Waals surface area contributed by atoms with E-state index in [9.17, 15) is 0 Å². The molecular weight excluding hydrogens is 574 g/mol. The van der Waals surface area contributed by atoms with E-state index in [1.165, 1.54) is 41.6 Å². The summed E-state index contributed by atoms with van der Waals surface area (Å²) in [5, 5.41) is 0. The summed E-state index contributed by atoms with van der Waals surface area (Å²) in [6.45, 7) is 4.62. The summed E-state index contributed by atoms with van der Waals surface area (Å²) in [4.78, 5) is 9.36. The molecule has 2 aliphatic carbocycles. The van der Waals surface area contributed by atoms with Gasteiger partial charge in [0.15, 0.2) is 0 Å². The van der Waals surface area contributed by atoms with Crippen LogP contribution in [0.1, 0.15) is 40.6 Å².